The molecule has 1 unspecified atom stereocenters. The van der Waals surface area contributed by atoms with Crippen LogP contribution in [0, 0.1) is 5.92 Å². The first kappa shape index (κ1) is 25.9. The van der Waals surface area contributed by atoms with Crippen molar-refractivity contribution >= 4 is 29.9 Å². The molecule has 26 heavy (non-hydrogen) atoms. The smallest absolute Gasteiger partial charge is 0.191 e. The van der Waals surface area contributed by atoms with E-state index in [0.29, 0.717) is 5.92 Å². The van der Waals surface area contributed by atoms with E-state index < -0.39 is 0 Å². The summed E-state index contributed by atoms with van der Waals surface area (Å²) in [5.41, 5.74) is 0. The van der Waals surface area contributed by atoms with Crippen molar-refractivity contribution in [3.05, 3.63) is 0 Å². The fourth-order valence-corrected chi connectivity index (χ4v) is 3.06. The standard InChI is InChI=1S/C19H41N5O.HI/c1-5-20-19(21-10-8-9-15-25-7-3)22-16-18(4)17-24-13-11-23(6-2)12-14-24;/h18H,5-17H2,1-4H3,(H2,20,21,22);1H. The van der Waals surface area contributed by atoms with Crippen LogP contribution in [0.5, 0.6) is 0 Å². The number of ether oxygens (including phenoxy) is 1. The summed E-state index contributed by atoms with van der Waals surface area (Å²) in [4.78, 5) is 9.88. The number of unbranched alkanes of at least 4 members (excludes halogenated alkanes) is 1. The van der Waals surface area contributed by atoms with Crippen molar-refractivity contribution < 1.29 is 4.74 Å². The van der Waals surface area contributed by atoms with E-state index in [1.165, 1.54) is 32.7 Å². The fraction of sp³-hybridized carbons (Fsp3) is 0.947. The molecule has 2 N–H and O–H groups in total. The average molecular weight is 483 g/mol. The maximum absolute atomic E-state index is 5.37. The third kappa shape index (κ3) is 12.3. The summed E-state index contributed by atoms with van der Waals surface area (Å²) in [7, 11) is 0. The number of piperazine rings is 1. The van der Waals surface area contributed by atoms with E-state index >= 15 is 0 Å². The van der Waals surface area contributed by atoms with Gasteiger partial charge in [-0.3, -0.25) is 4.99 Å². The second-order valence-electron chi connectivity index (χ2n) is 6.89. The van der Waals surface area contributed by atoms with Crippen LogP contribution in [-0.4, -0.2) is 87.9 Å². The maximum Gasteiger partial charge on any atom is 0.191 e. The molecule has 0 spiro atoms. The molecule has 0 aromatic rings. The number of halogens is 1. The summed E-state index contributed by atoms with van der Waals surface area (Å²) in [5.74, 6) is 1.53. The molecule has 1 aliphatic heterocycles. The summed E-state index contributed by atoms with van der Waals surface area (Å²) < 4.78 is 5.37. The van der Waals surface area contributed by atoms with Crippen LogP contribution in [0.15, 0.2) is 4.99 Å². The van der Waals surface area contributed by atoms with E-state index in [9.17, 15) is 0 Å². The van der Waals surface area contributed by atoms with Crippen molar-refractivity contribution in [1.29, 1.82) is 0 Å². The Hall–Kier alpha value is -0.120. The minimum atomic E-state index is 0. The average Bonchev–Trinajstić information content (AvgIpc) is 2.63. The van der Waals surface area contributed by atoms with Crippen molar-refractivity contribution in [2.45, 2.75) is 40.5 Å². The minimum Gasteiger partial charge on any atom is -0.382 e. The Kier molecular flexibility index (Phi) is 16.9. The van der Waals surface area contributed by atoms with Crippen LogP contribution in [0.2, 0.25) is 0 Å². The molecule has 0 saturated carbocycles. The first-order valence-electron chi connectivity index (χ1n) is 10.2. The van der Waals surface area contributed by atoms with Gasteiger partial charge in [0.15, 0.2) is 5.96 Å². The topological polar surface area (TPSA) is 52.1 Å². The zero-order chi connectivity index (χ0) is 18.3. The molecular formula is C19H42IN5O. The predicted octanol–water partition coefficient (Wildman–Crippen LogP) is 2.25. The molecular weight excluding hydrogens is 441 g/mol. The van der Waals surface area contributed by atoms with Gasteiger partial charge in [0.25, 0.3) is 0 Å². The van der Waals surface area contributed by atoms with E-state index in [0.717, 1.165) is 58.2 Å². The molecule has 0 aromatic carbocycles. The molecule has 0 aliphatic carbocycles. The van der Waals surface area contributed by atoms with E-state index in [1.54, 1.807) is 0 Å². The summed E-state index contributed by atoms with van der Waals surface area (Å²) >= 11 is 0. The fourth-order valence-electron chi connectivity index (χ4n) is 3.06. The molecule has 1 rings (SSSR count). The van der Waals surface area contributed by atoms with Gasteiger partial charge < -0.3 is 25.2 Å². The Labute approximate surface area is 178 Å². The zero-order valence-electron chi connectivity index (χ0n) is 17.4. The summed E-state index contributed by atoms with van der Waals surface area (Å²) in [6.45, 7) is 20.2. The number of hydrogen-bond donors (Lipinski definition) is 2. The quantitative estimate of drug-likeness (QED) is 0.193. The van der Waals surface area contributed by atoms with Gasteiger partial charge in [0, 0.05) is 65.6 Å². The van der Waals surface area contributed by atoms with Gasteiger partial charge >= 0.3 is 0 Å². The molecule has 7 heteroatoms. The number of nitrogens with zero attached hydrogens (tertiary/aromatic N) is 3. The van der Waals surface area contributed by atoms with Gasteiger partial charge in [0.05, 0.1) is 0 Å². The molecule has 6 nitrogen and oxygen atoms in total. The lowest BCUT2D eigenvalue weighted by Gasteiger charge is -2.35. The van der Waals surface area contributed by atoms with Crippen LogP contribution < -0.4 is 10.6 Å². The third-order valence-electron chi connectivity index (χ3n) is 4.60. The molecule has 1 saturated heterocycles. The van der Waals surface area contributed by atoms with Gasteiger partial charge in [-0.25, -0.2) is 0 Å². The first-order chi connectivity index (χ1) is 12.2. The third-order valence-corrected chi connectivity index (χ3v) is 4.60. The Morgan fingerprint density at radius 2 is 1.73 bits per heavy atom. The molecule has 0 radical (unpaired) electrons. The zero-order valence-corrected chi connectivity index (χ0v) is 19.8. The Morgan fingerprint density at radius 1 is 1.04 bits per heavy atom. The van der Waals surface area contributed by atoms with E-state index in [2.05, 4.69) is 41.2 Å². The van der Waals surface area contributed by atoms with Crippen molar-refractivity contribution in [2.24, 2.45) is 10.9 Å². The summed E-state index contributed by atoms with van der Waals surface area (Å²) in [6.07, 6.45) is 2.21. The van der Waals surface area contributed by atoms with Crippen LogP contribution in [0.3, 0.4) is 0 Å². The van der Waals surface area contributed by atoms with Gasteiger partial charge in [-0.1, -0.05) is 13.8 Å². The normalized spacial score (nSPS) is 17.6. The van der Waals surface area contributed by atoms with E-state index in [1.807, 2.05) is 6.92 Å². The van der Waals surface area contributed by atoms with Crippen LogP contribution in [0.1, 0.15) is 40.5 Å². The lowest BCUT2D eigenvalue weighted by molar-refractivity contribution is 0.125. The SMILES string of the molecule is CCNC(=NCC(C)CN1CCN(CC)CC1)NCCCCOCC.I. The lowest BCUT2D eigenvalue weighted by atomic mass is 10.1. The number of aliphatic imine (C=N–C) groups is 1. The van der Waals surface area contributed by atoms with Crippen molar-refractivity contribution in [2.75, 3.05) is 72.1 Å². The number of likely N-dealkylation sites (N-methyl/N-ethyl adjacent to an activating group) is 1. The van der Waals surface area contributed by atoms with E-state index in [4.69, 9.17) is 9.73 Å². The van der Waals surface area contributed by atoms with Gasteiger partial charge in [-0.15, -0.1) is 24.0 Å². The number of hydrogen-bond acceptors (Lipinski definition) is 4. The Bertz CT molecular complexity index is 349. The van der Waals surface area contributed by atoms with E-state index in [-0.39, 0.29) is 24.0 Å². The lowest BCUT2D eigenvalue weighted by Crippen LogP contribution is -2.47. The van der Waals surface area contributed by atoms with Gasteiger partial charge in [0.1, 0.15) is 0 Å². The van der Waals surface area contributed by atoms with Crippen LogP contribution >= 0.6 is 24.0 Å². The molecule has 1 heterocycles. The van der Waals surface area contributed by atoms with Crippen molar-refractivity contribution in [3.63, 3.8) is 0 Å². The van der Waals surface area contributed by atoms with Gasteiger partial charge in [0.2, 0.25) is 0 Å². The van der Waals surface area contributed by atoms with Crippen LogP contribution in [0.25, 0.3) is 0 Å². The second kappa shape index (κ2) is 17.0. The molecule has 156 valence electrons. The number of guanidine groups is 1. The predicted molar refractivity (Wildman–Crippen MR) is 123 cm³/mol. The summed E-state index contributed by atoms with van der Waals surface area (Å²) in [6, 6.07) is 0. The minimum absolute atomic E-state index is 0. The second-order valence-corrected chi connectivity index (χ2v) is 6.89. The highest BCUT2D eigenvalue weighted by molar-refractivity contribution is 14.0. The number of rotatable bonds is 12. The largest absolute Gasteiger partial charge is 0.382 e. The molecule has 0 amide bonds. The molecule has 1 aliphatic rings. The monoisotopic (exact) mass is 483 g/mol. The van der Waals surface area contributed by atoms with Crippen molar-refractivity contribution in [1.82, 2.24) is 20.4 Å². The molecule has 0 bridgehead atoms. The Morgan fingerprint density at radius 3 is 2.35 bits per heavy atom. The van der Waals surface area contributed by atoms with Crippen LogP contribution in [-0.2, 0) is 4.74 Å². The highest BCUT2D eigenvalue weighted by Crippen LogP contribution is 2.06. The highest BCUT2D eigenvalue weighted by atomic mass is 127. The molecule has 1 atom stereocenters. The Balaban J connectivity index is 0.00000625. The molecule has 0 aromatic heterocycles. The first-order valence-corrected chi connectivity index (χ1v) is 10.2. The van der Waals surface area contributed by atoms with Crippen LogP contribution in [0.4, 0.5) is 0 Å². The maximum atomic E-state index is 5.37. The van der Waals surface area contributed by atoms with Gasteiger partial charge in [-0.05, 0) is 39.2 Å². The molecule has 1 fully saturated rings. The summed E-state index contributed by atoms with van der Waals surface area (Å²) in [5, 5.41) is 6.78. The van der Waals surface area contributed by atoms with Gasteiger partial charge in [-0.2, -0.15) is 0 Å². The number of nitrogens with one attached hydrogen (secondary N) is 2. The highest BCUT2D eigenvalue weighted by Gasteiger charge is 2.17. The van der Waals surface area contributed by atoms with Crippen molar-refractivity contribution in [3.8, 4) is 0 Å².